The normalized spacial score (nSPS) is 20.6. The minimum atomic E-state index is -4.38. The van der Waals surface area contributed by atoms with Gasteiger partial charge in [0.1, 0.15) is 17.6 Å². The maximum atomic E-state index is 12.6. The van der Waals surface area contributed by atoms with Crippen molar-refractivity contribution in [2.45, 2.75) is 12.3 Å². The average Bonchev–Trinajstić information content (AvgIpc) is 2.38. The summed E-state index contributed by atoms with van der Waals surface area (Å²) in [6.45, 7) is 0.0164. The molecule has 0 amide bonds. The molecule has 0 saturated carbocycles. The van der Waals surface area contributed by atoms with Gasteiger partial charge in [0.25, 0.3) is 0 Å². The molecule has 0 spiro atoms. The van der Waals surface area contributed by atoms with Crippen LogP contribution in [0.2, 0.25) is 0 Å². The number of alkyl halides is 3. The van der Waals surface area contributed by atoms with Crippen LogP contribution in [-0.4, -0.2) is 37.0 Å². The molecule has 0 radical (unpaired) electrons. The first-order valence-electron chi connectivity index (χ1n) is 5.31. The van der Waals surface area contributed by atoms with Crippen molar-refractivity contribution in [3.8, 4) is 6.07 Å². The van der Waals surface area contributed by atoms with Gasteiger partial charge in [-0.15, -0.1) is 0 Å². The molecule has 1 aliphatic rings. The third kappa shape index (κ3) is 2.71. The van der Waals surface area contributed by atoms with E-state index in [0.717, 1.165) is 0 Å². The van der Waals surface area contributed by atoms with Crippen molar-refractivity contribution >= 4 is 5.82 Å². The number of ether oxygens (including phenoxy) is 1. The minimum absolute atomic E-state index is 0.0113. The predicted molar refractivity (Wildman–Crippen MR) is 57.0 cm³/mol. The Kier molecular flexibility index (Phi) is 3.39. The average molecular weight is 257 g/mol. The molecule has 0 unspecified atom stereocenters. The molecule has 1 aliphatic heterocycles. The molecular weight excluding hydrogens is 247 g/mol. The molecule has 1 fully saturated rings. The summed E-state index contributed by atoms with van der Waals surface area (Å²) in [4.78, 5) is 5.45. The van der Waals surface area contributed by atoms with E-state index in [1.54, 1.807) is 12.1 Å². The summed E-state index contributed by atoms with van der Waals surface area (Å²) in [6.07, 6.45) is -6.19. The van der Waals surface area contributed by atoms with Gasteiger partial charge in [-0.1, -0.05) is 6.07 Å². The summed E-state index contributed by atoms with van der Waals surface area (Å²) in [5, 5.41) is 8.71. The van der Waals surface area contributed by atoms with Crippen LogP contribution in [0, 0.1) is 11.3 Å². The largest absolute Gasteiger partial charge is 0.416 e. The van der Waals surface area contributed by atoms with E-state index >= 15 is 0 Å². The maximum absolute atomic E-state index is 12.6. The molecule has 96 valence electrons. The van der Waals surface area contributed by atoms with E-state index in [2.05, 4.69) is 4.98 Å². The summed E-state index contributed by atoms with van der Waals surface area (Å²) in [5.41, 5.74) is 0.183. The summed E-state index contributed by atoms with van der Waals surface area (Å²) >= 11 is 0. The molecule has 0 aliphatic carbocycles. The van der Waals surface area contributed by atoms with Gasteiger partial charge in [-0.05, 0) is 12.1 Å². The Hall–Kier alpha value is -1.81. The van der Waals surface area contributed by atoms with Crippen molar-refractivity contribution in [3.05, 3.63) is 23.9 Å². The number of nitrogens with zero attached hydrogens (tertiary/aromatic N) is 3. The molecule has 0 aromatic carbocycles. The fourth-order valence-corrected chi connectivity index (χ4v) is 1.72. The highest BCUT2D eigenvalue weighted by molar-refractivity contribution is 5.42. The summed E-state index contributed by atoms with van der Waals surface area (Å²) < 4.78 is 42.3. The zero-order chi connectivity index (χ0) is 13.2. The lowest BCUT2D eigenvalue weighted by Crippen LogP contribution is -2.49. The number of pyridine rings is 1. The van der Waals surface area contributed by atoms with Crippen molar-refractivity contribution in [2.75, 3.05) is 24.6 Å². The Morgan fingerprint density at radius 3 is 2.89 bits per heavy atom. The van der Waals surface area contributed by atoms with Crippen LogP contribution < -0.4 is 4.90 Å². The van der Waals surface area contributed by atoms with E-state index in [4.69, 9.17) is 10.00 Å². The molecule has 2 rings (SSSR count). The van der Waals surface area contributed by atoms with Crippen molar-refractivity contribution in [1.82, 2.24) is 4.98 Å². The lowest BCUT2D eigenvalue weighted by molar-refractivity contribution is -0.221. The molecule has 18 heavy (non-hydrogen) atoms. The van der Waals surface area contributed by atoms with E-state index < -0.39 is 12.3 Å². The second-order valence-electron chi connectivity index (χ2n) is 3.84. The first kappa shape index (κ1) is 12.6. The third-order valence-corrected chi connectivity index (χ3v) is 2.60. The van der Waals surface area contributed by atoms with E-state index in [1.807, 2.05) is 6.07 Å². The Morgan fingerprint density at radius 2 is 2.22 bits per heavy atom. The van der Waals surface area contributed by atoms with E-state index in [9.17, 15) is 13.2 Å². The van der Waals surface area contributed by atoms with Gasteiger partial charge in [-0.3, -0.25) is 0 Å². The van der Waals surface area contributed by atoms with E-state index in [1.165, 1.54) is 11.0 Å². The molecule has 0 N–H and O–H groups in total. The van der Waals surface area contributed by atoms with Crippen LogP contribution in [-0.2, 0) is 4.74 Å². The Labute approximate surface area is 102 Å². The van der Waals surface area contributed by atoms with Crippen molar-refractivity contribution in [2.24, 2.45) is 0 Å². The van der Waals surface area contributed by atoms with Gasteiger partial charge in [0.2, 0.25) is 0 Å². The van der Waals surface area contributed by atoms with Gasteiger partial charge < -0.3 is 9.64 Å². The summed E-state index contributed by atoms with van der Waals surface area (Å²) in [6, 6.07) is 6.54. The molecule has 4 nitrogen and oxygen atoms in total. The number of rotatable bonds is 1. The highest BCUT2D eigenvalue weighted by Gasteiger charge is 2.43. The molecule has 1 aromatic rings. The van der Waals surface area contributed by atoms with Crippen LogP contribution in [0.4, 0.5) is 19.0 Å². The number of nitriles is 1. The fraction of sp³-hybridized carbons (Fsp3) is 0.455. The molecule has 1 atom stereocenters. The lowest BCUT2D eigenvalue weighted by Gasteiger charge is -2.34. The standard InChI is InChI=1S/C11H10F3N3O/c12-11(13,14)9-7-17(4-5-18-9)10-3-1-2-8(6-15)16-10/h1-3,9H,4-5,7H2/t9-/m0/s1. The summed E-state index contributed by atoms with van der Waals surface area (Å²) in [7, 11) is 0. The SMILES string of the molecule is N#Cc1cccc(N2CCO[C@H](C(F)(F)F)C2)n1. The van der Waals surface area contributed by atoms with Crippen molar-refractivity contribution < 1.29 is 17.9 Å². The Balaban J connectivity index is 2.16. The van der Waals surface area contributed by atoms with Gasteiger partial charge in [-0.25, -0.2) is 4.98 Å². The van der Waals surface area contributed by atoms with Crippen molar-refractivity contribution in [1.29, 1.82) is 5.26 Å². The highest BCUT2D eigenvalue weighted by Crippen LogP contribution is 2.27. The van der Waals surface area contributed by atoms with Crippen LogP contribution in [0.3, 0.4) is 0 Å². The van der Waals surface area contributed by atoms with E-state index in [0.29, 0.717) is 12.4 Å². The third-order valence-electron chi connectivity index (χ3n) is 2.60. The summed E-state index contributed by atoms with van der Waals surface area (Å²) in [5.74, 6) is 0.367. The number of hydrogen-bond donors (Lipinski definition) is 0. The second kappa shape index (κ2) is 4.82. The monoisotopic (exact) mass is 257 g/mol. The molecule has 1 aromatic heterocycles. The second-order valence-corrected chi connectivity index (χ2v) is 3.84. The number of hydrogen-bond acceptors (Lipinski definition) is 4. The zero-order valence-electron chi connectivity index (χ0n) is 9.31. The zero-order valence-corrected chi connectivity index (χ0v) is 9.31. The number of anilines is 1. The van der Waals surface area contributed by atoms with Crippen LogP contribution in [0.25, 0.3) is 0 Å². The van der Waals surface area contributed by atoms with Gasteiger partial charge >= 0.3 is 6.18 Å². The number of halogens is 3. The molecule has 7 heteroatoms. The minimum Gasteiger partial charge on any atom is -0.365 e. The van der Waals surface area contributed by atoms with Crippen LogP contribution in [0.15, 0.2) is 18.2 Å². The molecule has 1 saturated heterocycles. The Morgan fingerprint density at radius 1 is 1.44 bits per heavy atom. The van der Waals surface area contributed by atoms with Gasteiger partial charge in [0.15, 0.2) is 6.10 Å². The van der Waals surface area contributed by atoms with Crippen LogP contribution >= 0.6 is 0 Å². The predicted octanol–water partition coefficient (Wildman–Crippen LogP) is 1.72. The number of morpholine rings is 1. The van der Waals surface area contributed by atoms with E-state index in [-0.39, 0.29) is 18.8 Å². The topological polar surface area (TPSA) is 49.2 Å². The molecule has 2 heterocycles. The van der Waals surface area contributed by atoms with Gasteiger partial charge in [0, 0.05) is 6.54 Å². The first-order chi connectivity index (χ1) is 8.50. The number of aromatic nitrogens is 1. The van der Waals surface area contributed by atoms with Crippen molar-refractivity contribution in [3.63, 3.8) is 0 Å². The van der Waals surface area contributed by atoms with Crippen LogP contribution in [0.5, 0.6) is 0 Å². The first-order valence-corrected chi connectivity index (χ1v) is 5.31. The molecular formula is C11H10F3N3O. The lowest BCUT2D eigenvalue weighted by atomic mass is 10.2. The fourth-order valence-electron chi connectivity index (χ4n) is 1.72. The molecule has 0 bridgehead atoms. The maximum Gasteiger partial charge on any atom is 0.416 e. The Bertz CT molecular complexity index is 469. The highest BCUT2D eigenvalue weighted by atomic mass is 19.4. The van der Waals surface area contributed by atoms with Gasteiger partial charge in [0.05, 0.1) is 13.2 Å². The van der Waals surface area contributed by atoms with Crippen LogP contribution in [0.1, 0.15) is 5.69 Å². The quantitative estimate of drug-likeness (QED) is 0.768. The smallest absolute Gasteiger partial charge is 0.365 e. The van der Waals surface area contributed by atoms with Gasteiger partial charge in [-0.2, -0.15) is 18.4 Å².